The minimum atomic E-state index is -0.378. The summed E-state index contributed by atoms with van der Waals surface area (Å²) in [5.41, 5.74) is 2.23. The Balaban J connectivity index is 1.40. The van der Waals surface area contributed by atoms with Crippen LogP contribution in [-0.2, 0) is 6.54 Å². The molecule has 0 fully saturated rings. The first-order valence-electron chi connectivity index (χ1n) is 7.77. The number of urea groups is 1. The van der Waals surface area contributed by atoms with Crippen molar-refractivity contribution in [2.45, 2.75) is 6.54 Å². The maximum atomic E-state index is 12.2. The van der Waals surface area contributed by atoms with Crippen molar-refractivity contribution >= 4 is 23.3 Å². The molecule has 0 saturated heterocycles. The molecule has 4 rings (SSSR count). The number of benzene rings is 2. The number of amides is 2. The maximum Gasteiger partial charge on any atom is 0.319 e. The predicted octanol–water partition coefficient (Wildman–Crippen LogP) is 2.97. The third-order valence-electron chi connectivity index (χ3n) is 3.76. The predicted molar refractivity (Wildman–Crippen MR) is 94.8 cm³/mol. The van der Waals surface area contributed by atoms with Gasteiger partial charge < -0.3 is 20.1 Å². The first-order valence-corrected chi connectivity index (χ1v) is 8.15. The normalized spacial score (nSPS) is 12.0. The summed E-state index contributed by atoms with van der Waals surface area (Å²) >= 11 is 6.15. The Hall–Kier alpha value is -3.26. The van der Waals surface area contributed by atoms with E-state index in [1.165, 1.54) is 6.33 Å². The van der Waals surface area contributed by atoms with Gasteiger partial charge in [0, 0.05) is 18.7 Å². The number of rotatable bonds is 4. The zero-order chi connectivity index (χ0) is 17.9. The standard InChI is InChI=1S/C17H14ClN5O3/c18-13-5-15-16(26-10-25-15)6-14(13)22-17(24)20-7-11-2-1-3-12(4-11)23-9-19-8-21-23/h1-6,8-9H,7,10H2,(H2,20,22,24). The molecule has 2 heterocycles. The van der Waals surface area contributed by atoms with Gasteiger partial charge in [-0.05, 0) is 17.7 Å². The highest BCUT2D eigenvalue weighted by molar-refractivity contribution is 6.34. The number of hydrogen-bond donors (Lipinski definition) is 2. The molecule has 26 heavy (non-hydrogen) atoms. The van der Waals surface area contributed by atoms with Gasteiger partial charge >= 0.3 is 6.03 Å². The van der Waals surface area contributed by atoms with Crippen molar-refractivity contribution in [1.29, 1.82) is 0 Å². The summed E-state index contributed by atoms with van der Waals surface area (Å²) in [4.78, 5) is 16.1. The Kier molecular flexibility index (Phi) is 4.32. The molecular formula is C17H14ClN5O3. The van der Waals surface area contributed by atoms with Gasteiger partial charge in [0.2, 0.25) is 6.79 Å². The number of anilines is 1. The highest BCUT2D eigenvalue weighted by Gasteiger charge is 2.17. The summed E-state index contributed by atoms with van der Waals surface area (Å²) in [6.07, 6.45) is 3.08. The molecule has 0 atom stereocenters. The zero-order valence-electron chi connectivity index (χ0n) is 13.5. The molecule has 2 amide bonds. The van der Waals surface area contributed by atoms with Gasteiger partial charge in [-0.15, -0.1) is 0 Å². The lowest BCUT2D eigenvalue weighted by Gasteiger charge is -2.10. The third kappa shape index (κ3) is 3.40. The Morgan fingerprint density at radius 1 is 1.23 bits per heavy atom. The fourth-order valence-electron chi connectivity index (χ4n) is 2.51. The van der Waals surface area contributed by atoms with E-state index >= 15 is 0 Å². The van der Waals surface area contributed by atoms with Crippen molar-refractivity contribution in [2.24, 2.45) is 0 Å². The van der Waals surface area contributed by atoms with E-state index in [2.05, 4.69) is 20.7 Å². The van der Waals surface area contributed by atoms with Crippen LogP contribution in [0.3, 0.4) is 0 Å². The van der Waals surface area contributed by atoms with E-state index in [-0.39, 0.29) is 12.8 Å². The van der Waals surface area contributed by atoms with Gasteiger partial charge in [-0.1, -0.05) is 23.7 Å². The van der Waals surface area contributed by atoms with E-state index in [0.29, 0.717) is 28.8 Å². The lowest BCUT2D eigenvalue weighted by Crippen LogP contribution is -2.28. The van der Waals surface area contributed by atoms with Gasteiger partial charge in [-0.2, -0.15) is 5.10 Å². The number of carbonyl (C=O) groups excluding carboxylic acids is 1. The van der Waals surface area contributed by atoms with Gasteiger partial charge in [0.25, 0.3) is 0 Å². The fourth-order valence-corrected chi connectivity index (χ4v) is 2.71. The molecular weight excluding hydrogens is 358 g/mol. The van der Waals surface area contributed by atoms with E-state index in [1.807, 2.05) is 24.3 Å². The van der Waals surface area contributed by atoms with Crippen molar-refractivity contribution in [3.8, 4) is 17.2 Å². The van der Waals surface area contributed by atoms with Crippen LogP contribution >= 0.6 is 11.6 Å². The molecule has 0 radical (unpaired) electrons. The molecule has 2 N–H and O–H groups in total. The molecule has 1 aliphatic rings. The summed E-state index contributed by atoms with van der Waals surface area (Å²) in [7, 11) is 0. The zero-order valence-corrected chi connectivity index (χ0v) is 14.2. The average Bonchev–Trinajstić information content (AvgIpc) is 3.32. The number of hydrogen-bond acceptors (Lipinski definition) is 5. The second kappa shape index (κ2) is 6.93. The van der Waals surface area contributed by atoms with Crippen molar-refractivity contribution in [1.82, 2.24) is 20.1 Å². The number of aromatic nitrogens is 3. The summed E-state index contributed by atoms with van der Waals surface area (Å²) in [6.45, 7) is 0.486. The molecule has 0 saturated carbocycles. The van der Waals surface area contributed by atoms with Gasteiger partial charge in [-0.25, -0.2) is 14.5 Å². The van der Waals surface area contributed by atoms with Crippen LogP contribution in [0.5, 0.6) is 11.5 Å². The molecule has 2 aromatic carbocycles. The Morgan fingerprint density at radius 2 is 2.08 bits per heavy atom. The van der Waals surface area contributed by atoms with Crippen LogP contribution in [0.2, 0.25) is 5.02 Å². The van der Waals surface area contributed by atoms with Gasteiger partial charge in [0.15, 0.2) is 11.5 Å². The highest BCUT2D eigenvalue weighted by Crippen LogP contribution is 2.39. The molecule has 0 spiro atoms. The SMILES string of the molecule is O=C(NCc1cccc(-n2cncn2)c1)Nc1cc2c(cc1Cl)OCO2. The quantitative estimate of drug-likeness (QED) is 0.735. The number of nitrogens with one attached hydrogen (secondary N) is 2. The number of fused-ring (bicyclic) bond motifs is 1. The van der Waals surface area contributed by atoms with Crippen LogP contribution in [-0.4, -0.2) is 27.6 Å². The first-order chi connectivity index (χ1) is 12.7. The molecule has 9 heteroatoms. The average molecular weight is 372 g/mol. The maximum absolute atomic E-state index is 12.2. The monoisotopic (exact) mass is 371 g/mol. The minimum Gasteiger partial charge on any atom is -0.454 e. The Morgan fingerprint density at radius 3 is 2.88 bits per heavy atom. The van der Waals surface area contributed by atoms with Crippen LogP contribution in [0.1, 0.15) is 5.56 Å². The summed E-state index contributed by atoms with van der Waals surface area (Å²) in [6, 6.07) is 10.5. The van der Waals surface area contributed by atoms with Crippen LogP contribution in [0.4, 0.5) is 10.5 Å². The highest BCUT2D eigenvalue weighted by atomic mass is 35.5. The molecule has 1 aliphatic heterocycles. The summed E-state index contributed by atoms with van der Waals surface area (Å²) in [5.74, 6) is 1.11. The van der Waals surface area contributed by atoms with Crippen LogP contribution in [0, 0.1) is 0 Å². The Labute approximate surface area is 153 Å². The van der Waals surface area contributed by atoms with E-state index in [0.717, 1.165) is 11.3 Å². The largest absolute Gasteiger partial charge is 0.454 e. The van der Waals surface area contributed by atoms with Gasteiger partial charge in [-0.3, -0.25) is 0 Å². The third-order valence-corrected chi connectivity index (χ3v) is 4.07. The summed E-state index contributed by atoms with van der Waals surface area (Å²) < 4.78 is 12.2. The lowest BCUT2D eigenvalue weighted by atomic mass is 10.2. The van der Waals surface area contributed by atoms with E-state index in [4.69, 9.17) is 21.1 Å². The van der Waals surface area contributed by atoms with Crippen molar-refractivity contribution in [3.63, 3.8) is 0 Å². The second-order valence-corrected chi connectivity index (χ2v) is 5.91. The van der Waals surface area contributed by atoms with Crippen LogP contribution in [0.15, 0.2) is 49.1 Å². The molecule has 8 nitrogen and oxygen atoms in total. The molecule has 0 bridgehead atoms. The molecule has 0 unspecified atom stereocenters. The minimum absolute atomic E-state index is 0.142. The van der Waals surface area contributed by atoms with Crippen LogP contribution in [0.25, 0.3) is 5.69 Å². The summed E-state index contributed by atoms with van der Waals surface area (Å²) in [5, 5.41) is 9.95. The van der Waals surface area contributed by atoms with Gasteiger partial charge in [0.1, 0.15) is 12.7 Å². The number of halogens is 1. The number of carbonyl (C=O) groups is 1. The van der Waals surface area contributed by atoms with E-state index in [9.17, 15) is 4.79 Å². The van der Waals surface area contributed by atoms with Crippen molar-refractivity contribution < 1.29 is 14.3 Å². The number of ether oxygens (including phenoxy) is 2. The first kappa shape index (κ1) is 16.2. The van der Waals surface area contributed by atoms with Crippen molar-refractivity contribution in [3.05, 3.63) is 59.6 Å². The smallest absolute Gasteiger partial charge is 0.319 e. The molecule has 3 aromatic rings. The van der Waals surface area contributed by atoms with E-state index in [1.54, 1.807) is 23.1 Å². The van der Waals surface area contributed by atoms with Gasteiger partial charge in [0.05, 0.1) is 16.4 Å². The topological polar surface area (TPSA) is 90.3 Å². The van der Waals surface area contributed by atoms with E-state index < -0.39 is 0 Å². The Bertz CT molecular complexity index is 946. The molecule has 132 valence electrons. The van der Waals surface area contributed by atoms with Crippen LogP contribution < -0.4 is 20.1 Å². The molecule has 1 aromatic heterocycles. The fraction of sp³-hybridized carbons (Fsp3) is 0.118. The van der Waals surface area contributed by atoms with Crippen molar-refractivity contribution in [2.75, 3.05) is 12.1 Å². The lowest BCUT2D eigenvalue weighted by molar-refractivity contribution is 0.174. The number of nitrogens with zero attached hydrogens (tertiary/aromatic N) is 3. The molecule has 0 aliphatic carbocycles. The second-order valence-electron chi connectivity index (χ2n) is 5.50.